The van der Waals surface area contributed by atoms with Gasteiger partial charge in [-0.2, -0.15) is 12.8 Å². The SMILES string of the molecule is Cc1cc(C(C)(C)C)cc(S(=O)(=O)N=C2C=C3[NH+](CCO)CCOC3(O)c3ccccc32)c1C. The van der Waals surface area contributed by atoms with E-state index in [2.05, 4.69) is 4.40 Å². The highest BCUT2D eigenvalue weighted by atomic mass is 32.2. The van der Waals surface area contributed by atoms with Gasteiger partial charge in [-0.25, -0.2) is 0 Å². The highest BCUT2D eigenvalue weighted by Crippen LogP contribution is 2.37. The summed E-state index contributed by atoms with van der Waals surface area (Å²) in [6, 6.07) is 10.8. The van der Waals surface area contributed by atoms with Crippen molar-refractivity contribution < 1.29 is 28.3 Å². The van der Waals surface area contributed by atoms with Crippen LogP contribution in [0, 0.1) is 13.8 Å². The molecule has 2 aliphatic rings. The first-order valence-electron chi connectivity index (χ1n) is 11.5. The summed E-state index contributed by atoms with van der Waals surface area (Å²) < 4.78 is 37.4. The van der Waals surface area contributed by atoms with Gasteiger partial charge in [-0.05, 0) is 42.0 Å². The first kappa shape index (κ1) is 24.8. The van der Waals surface area contributed by atoms with E-state index in [4.69, 9.17) is 4.74 Å². The Labute approximate surface area is 201 Å². The molecule has 2 aromatic carbocycles. The summed E-state index contributed by atoms with van der Waals surface area (Å²) in [4.78, 5) is 1.01. The third-order valence-corrected chi connectivity index (χ3v) is 8.12. The summed E-state index contributed by atoms with van der Waals surface area (Å²) >= 11 is 0. The van der Waals surface area contributed by atoms with E-state index < -0.39 is 15.8 Å². The molecule has 34 heavy (non-hydrogen) atoms. The maximum Gasteiger partial charge on any atom is 0.283 e. The minimum Gasteiger partial charge on any atom is -0.391 e. The van der Waals surface area contributed by atoms with E-state index in [1.54, 1.807) is 43.3 Å². The Morgan fingerprint density at radius 1 is 1.18 bits per heavy atom. The van der Waals surface area contributed by atoms with Gasteiger partial charge in [0.05, 0.1) is 17.2 Å². The van der Waals surface area contributed by atoms with Gasteiger partial charge in [0.25, 0.3) is 15.8 Å². The minimum absolute atomic E-state index is 0.0761. The van der Waals surface area contributed by atoms with Crippen LogP contribution in [0.1, 0.15) is 48.6 Å². The van der Waals surface area contributed by atoms with Gasteiger partial charge in [0.2, 0.25) is 0 Å². The van der Waals surface area contributed by atoms with Crippen molar-refractivity contribution in [3.63, 3.8) is 0 Å². The molecule has 182 valence electrons. The molecule has 8 heteroatoms. The molecule has 4 rings (SSSR count). The molecule has 1 fully saturated rings. The van der Waals surface area contributed by atoms with Crippen LogP contribution in [0.15, 0.2) is 57.5 Å². The number of nitrogens with zero attached hydrogens (tertiary/aromatic N) is 1. The highest BCUT2D eigenvalue weighted by Gasteiger charge is 2.49. The van der Waals surface area contributed by atoms with Crippen LogP contribution in [-0.4, -0.2) is 50.6 Å². The van der Waals surface area contributed by atoms with Gasteiger partial charge in [-0.1, -0.05) is 51.1 Å². The van der Waals surface area contributed by atoms with Crippen LogP contribution < -0.4 is 4.90 Å². The Morgan fingerprint density at radius 3 is 2.56 bits per heavy atom. The molecular weight excluding hydrogens is 452 g/mol. The number of hydrogen-bond acceptors (Lipinski definition) is 5. The summed E-state index contributed by atoms with van der Waals surface area (Å²) in [6.45, 7) is 11.0. The van der Waals surface area contributed by atoms with E-state index >= 15 is 0 Å². The number of morpholine rings is 1. The fourth-order valence-electron chi connectivity index (χ4n) is 4.59. The lowest BCUT2D eigenvalue weighted by Gasteiger charge is -2.41. The second-order valence-corrected chi connectivity index (χ2v) is 11.6. The number of aliphatic hydroxyl groups excluding tert-OH is 1. The van der Waals surface area contributed by atoms with Crippen molar-refractivity contribution in [1.82, 2.24) is 0 Å². The topological polar surface area (TPSA) is 101 Å². The van der Waals surface area contributed by atoms with Crippen LogP contribution in [0.5, 0.6) is 0 Å². The van der Waals surface area contributed by atoms with Gasteiger partial charge in [-0.3, -0.25) is 4.90 Å². The molecule has 1 heterocycles. The summed E-state index contributed by atoms with van der Waals surface area (Å²) in [6.07, 6.45) is 1.60. The first-order valence-corrected chi connectivity index (χ1v) is 12.9. The summed E-state index contributed by atoms with van der Waals surface area (Å²) in [5.74, 6) is -1.69. The van der Waals surface area contributed by atoms with Gasteiger partial charge in [0.1, 0.15) is 19.7 Å². The van der Waals surface area contributed by atoms with Gasteiger partial charge >= 0.3 is 0 Å². The molecule has 2 atom stereocenters. The number of ether oxygens (including phenoxy) is 1. The summed E-state index contributed by atoms with van der Waals surface area (Å²) in [7, 11) is -4.06. The molecule has 1 aliphatic carbocycles. The normalized spacial score (nSPS) is 23.9. The number of benzene rings is 2. The zero-order valence-corrected chi connectivity index (χ0v) is 21.2. The van der Waals surface area contributed by atoms with E-state index in [0.717, 1.165) is 16.0 Å². The van der Waals surface area contributed by atoms with Crippen molar-refractivity contribution in [2.24, 2.45) is 4.40 Å². The number of nitrogens with one attached hydrogen (secondary N) is 1. The lowest BCUT2D eigenvalue weighted by atomic mass is 9.85. The molecule has 1 saturated heterocycles. The quantitative estimate of drug-likeness (QED) is 0.613. The third kappa shape index (κ3) is 4.25. The number of allylic oxidation sites excluding steroid dienone is 1. The molecule has 2 aromatic rings. The van der Waals surface area contributed by atoms with Crippen LogP contribution >= 0.6 is 0 Å². The molecule has 0 saturated carbocycles. The number of aliphatic hydroxyl groups is 2. The molecule has 0 radical (unpaired) electrons. The molecule has 0 bridgehead atoms. The third-order valence-electron chi connectivity index (χ3n) is 6.71. The van der Waals surface area contributed by atoms with Crippen molar-refractivity contribution in [2.75, 3.05) is 26.3 Å². The maximum atomic E-state index is 13.7. The monoisotopic (exact) mass is 485 g/mol. The summed E-state index contributed by atoms with van der Waals surface area (Å²) in [5.41, 5.74) is 3.91. The maximum absolute atomic E-state index is 13.7. The van der Waals surface area contributed by atoms with Crippen LogP contribution in [0.25, 0.3) is 0 Å². The first-order chi connectivity index (χ1) is 15.9. The number of rotatable bonds is 4. The predicted molar refractivity (Wildman–Crippen MR) is 130 cm³/mol. The number of sulfonamides is 1. The fraction of sp³-hybridized carbons (Fsp3) is 0.423. The van der Waals surface area contributed by atoms with Crippen LogP contribution in [0.4, 0.5) is 0 Å². The lowest BCUT2D eigenvalue weighted by Crippen LogP contribution is -3.14. The number of hydrogen-bond donors (Lipinski definition) is 3. The van der Waals surface area contributed by atoms with Crippen molar-refractivity contribution in [3.8, 4) is 0 Å². The Bertz CT molecular complexity index is 1290. The Balaban J connectivity index is 1.92. The Morgan fingerprint density at radius 2 is 1.88 bits per heavy atom. The Hall–Kier alpha value is -2.36. The molecule has 1 aliphatic heterocycles. The highest BCUT2D eigenvalue weighted by molar-refractivity contribution is 7.90. The van der Waals surface area contributed by atoms with E-state index in [1.165, 1.54) is 0 Å². The van der Waals surface area contributed by atoms with Crippen LogP contribution in [-0.2, 0) is 26.0 Å². The van der Waals surface area contributed by atoms with E-state index in [9.17, 15) is 18.6 Å². The molecular formula is C26H33N2O5S+. The molecule has 0 spiro atoms. The minimum atomic E-state index is -4.06. The fourth-order valence-corrected chi connectivity index (χ4v) is 5.92. The molecule has 3 N–H and O–H groups in total. The zero-order chi connectivity index (χ0) is 24.9. The van der Waals surface area contributed by atoms with Crippen molar-refractivity contribution in [1.29, 1.82) is 0 Å². The van der Waals surface area contributed by atoms with Crippen LogP contribution in [0.3, 0.4) is 0 Å². The van der Waals surface area contributed by atoms with Gasteiger partial charge in [0.15, 0.2) is 5.70 Å². The smallest absolute Gasteiger partial charge is 0.283 e. The second kappa shape index (κ2) is 8.70. The lowest BCUT2D eigenvalue weighted by molar-refractivity contribution is -0.882. The molecule has 2 unspecified atom stereocenters. The number of aryl methyl sites for hydroxylation is 1. The van der Waals surface area contributed by atoms with E-state index in [1.807, 2.05) is 33.8 Å². The summed E-state index contributed by atoms with van der Waals surface area (Å²) in [5, 5.41) is 21.0. The van der Waals surface area contributed by atoms with Crippen molar-refractivity contribution in [2.45, 2.75) is 50.7 Å². The Kier molecular flexibility index (Phi) is 6.33. The number of quaternary nitrogens is 1. The number of fused-ring (bicyclic) bond motifs is 3. The largest absolute Gasteiger partial charge is 0.391 e. The predicted octanol–water partition coefficient (Wildman–Crippen LogP) is 1.73. The van der Waals surface area contributed by atoms with Gasteiger partial charge in [0, 0.05) is 17.2 Å². The average molecular weight is 486 g/mol. The second-order valence-electron chi connectivity index (χ2n) is 10.0. The molecule has 7 nitrogen and oxygen atoms in total. The molecule has 0 amide bonds. The zero-order valence-electron chi connectivity index (χ0n) is 20.3. The van der Waals surface area contributed by atoms with Gasteiger partial charge in [-0.15, -0.1) is 0 Å². The van der Waals surface area contributed by atoms with Crippen LogP contribution in [0.2, 0.25) is 0 Å². The van der Waals surface area contributed by atoms with Crippen molar-refractivity contribution >= 4 is 15.7 Å². The molecule has 0 aromatic heterocycles. The standard InChI is InChI=1S/C26H32N2O5S/c1-17-14-19(25(3,4)5)15-23(18(17)2)34(31,32)27-22-16-24-26(30,21-9-7-6-8-20(21)22)33-13-11-28(24)10-12-29/h6-9,14-16,29-30H,10-13H2,1-5H3/p+1. The van der Waals surface area contributed by atoms with Gasteiger partial charge < -0.3 is 14.9 Å². The van der Waals surface area contributed by atoms with Crippen molar-refractivity contribution in [3.05, 3.63) is 76.0 Å². The van der Waals surface area contributed by atoms with E-state index in [0.29, 0.717) is 42.1 Å². The average Bonchev–Trinajstić information content (AvgIpc) is 2.76. The van der Waals surface area contributed by atoms with E-state index in [-0.39, 0.29) is 22.6 Å².